The Hall–Kier alpha value is -0.630. The minimum Gasteiger partial charge on any atom is -0.328 e. The molecule has 15 heavy (non-hydrogen) atoms. The van der Waals surface area contributed by atoms with Crippen LogP contribution in [0.2, 0.25) is 0 Å². The smallest absolute Gasteiger partial charge is 0.158 e. The van der Waals surface area contributed by atoms with Crippen molar-refractivity contribution in [3.8, 4) is 0 Å². The van der Waals surface area contributed by atoms with Crippen LogP contribution in [0.25, 0.3) is 0 Å². The second-order valence-electron chi connectivity index (χ2n) is 4.62. The van der Waals surface area contributed by atoms with E-state index >= 15 is 0 Å². The highest BCUT2D eigenvalue weighted by molar-refractivity contribution is 5.95. The standard InChI is InChI=1S/C13H23NO/c1-11(14)9-10-13(15)12-7-5-3-2-4-6-8-12/h7,11H,2-6,8-10,14H2,1H3. The molecule has 0 aromatic rings. The van der Waals surface area contributed by atoms with Crippen molar-refractivity contribution in [1.82, 2.24) is 0 Å². The molecule has 0 fully saturated rings. The molecule has 0 bridgehead atoms. The van der Waals surface area contributed by atoms with E-state index in [1.807, 2.05) is 6.92 Å². The second kappa shape index (κ2) is 6.78. The van der Waals surface area contributed by atoms with Crippen LogP contribution in [0.4, 0.5) is 0 Å². The molecule has 1 unspecified atom stereocenters. The van der Waals surface area contributed by atoms with Crippen LogP contribution in [-0.4, -0.2) is 11.8 Å². The number of hydrogen-bond acceptors (Lipinski definition) is 2. The summed E-state index contributed by atoms with van der Waals surface area (Å²) in [5, 5.41) is 0. The molecule has 1 rings (SSSR count). The van der Waals surface area contributed by atoms with Gasteiger partial charge in [-0.15, -0.1) is 0 Å². The fourth-order valence-corrected chi connectivity index (χ4v) is 1.96. The van der Waals surface area contributed by atoms with Crippen molar-refractivity contribution < 1.29 is 4.79 Å². The molecule has 0 aromatic heterocycles. The fourth-order valence-electron chi connectivity index (χ4n) is 1.96. The zero-order valence-corrected chi connectivity index (χ0v) is 9.80. The number of nitrogens with two attached hydrogens (primary N) is 1. The van der Waals surface area contributed by atoms with Crippen LogP contribution in [0.1, 0.15) is 58.3 Å². The number of hydrogen-bond donors (Lipinski definition) is 1. The first-order chi connectivity index (χ1) is 7.20. The van der Waals surface area contributed by atoms with Gasteiger partial charge in [0.25, 0.3) is 0 Å². The number of rotatable bonds is 4. The minimum absolute atomic E-state index is 0.142. The van der Waals surface area contributed by atoms with E-state index in [4.69, 9.17) is 5.73 Å². The Morgan fingerprint density at radius 1 is 1.40 bits per heavy atom. The van der Waals surface area contributed by atoms with Crippen molar-refractivity contribution in [2.45, 2.75) is 64.3 Å². The number of Topliss-reactive ketones (excluding diaryl/α,β-unsaturated/α-hetero) is 1. The maximum Gasteiger partial charge on any atom is 0.158 e. The van der Waals surface area contributed by atoms with Gasteiger partial charge in [-0.3, -0.25) is 4.79 Å². The molecular formula is C13H23NO. The molecule has 2 N–H and O–H groups in total. The van der Waals surface area contributed by atoms with E-state index in [9.17, 15) is 4.79 Å². The molecule has 0 heterocycles. The minimum atomic E-state index is 0.142. The van der Waals surface area contributed by atoms with E-state index in [2.05, 4.69) is 6.08 Å². The number of carbonyl (C=O) groups is 1. The van der Waals surface area contributed by atoms with Crippen molar-refractivity contribution in [3.05, 3.63) is 11.6 Å². The predicted molar refractivity (Wildman–Crippen MR) is 63.7 cm³/mol. The van der Waals surface area contributed by atoms with Gasteiger partial charge in [-0.2, -0.15) is 0 Å². The Bertz CT molecular complexity index is 231. The highest BCUT2D eigenvalue weighted by atomic mass is 16.1. The van der Waals surface area contributed by atoms with Crippen molar-refractivity contribution in [2.24, 2.45) is 5.73 Å². The summed E-state index contributed by atoms with van der Waals surface area (Å²) in [6.45, 7) is 1.96. The van der Waals surface area contributed by atoms with Gasteiger partial charge in [0, 0.05) is 12.5 Å². The maximum absolute atomic E-state index is 11.8. The Labute approximate surface area is 92.9 Å². The van der Waals surface area contributed by atoms with Crippen LogP contribution in [0.3, 0.4) is 0 Å². The van der Waals surface area contributed by atoms with Crippen LogP contribution in [-0.2, 0) is 4.79 Å². The topological polar surface area (TPSA) is 43.1 Å². The molecule has 0 saturated carbocycles. The number of carbonyl (C=O) groups excluding carboxylic acids is 1. The van der Waals surface area contributed by atoms with E-state index in [1.165, 1.54) is 25.7 Å². The van der Waals surface area contributed by atoms with Gasteiger partial charge in [0.15, 0.2) is 5.78 Å². The van der Waals surface area contributed by atoms with Crippen molar-refractivity contribution >= 4 is 5.78 Å². The summed E-state index contributed by atoms with van der Waals surface area (Å²) in [6.07, 6.45) is 10.7. The van der Waals surface area contributed by atoms with E-state index in [0.717, 1.165) is 24.8 Å². The highest BCUT2D eigenvalue weighted by Crippen LogP contribution is 2.19. The van der Waals surface area contributed by atoms with Crippen LogP contribution in [0.5, 0.6) is 0 Å². The quantitative estimate of drug-likeness (QED) is 0.773. The Morgan fingerprint density at radius 2 is 2.13 bits per heavy atom. The summed E-state index contributed by atoms with van der Waals surface area (Å²) in [5.41, 5.74) is 6.72. The van der Waals surface area contributed by atoms with E-state index in [1.54, 1.807) is 0 Å². The lowest BCUT2D eigenvalue weighted by atomic mass is 9.95. The molecular weight excluding hydrogens is 186 g/mol. The van der Waals surface area contributed by atoms with Gasteiger partial charge in [0.05, 0.1) is 0 Å². The lowest BCUT2D eigenvalue weighted by Crippen LogP contribution is -2.17. The van der Waals surface area contributed by atoms with E-state index in [0.29, 0.717) is 12.2 Å². The van der Waals surface area contributed by atoms with E-state index in [-0.39, 0.29) is 6.04 Å². The SMILES string of the molecule is CC(N)CCC(=O)C1=CCCCCCC1. The van der Waals surface area contributed by atoms with Crippen LogP contribution in [0.15, 0.2) is 11.6 Å². The molecule has 1 aliphatic rings. The largest absolute Gasteiger partial charge is 0.328 e. The third-order valence-corrected chi connectivity index (χ3v) is 2.98. The van der Waals surface area contributed by atoms with Crippen LogP contribution < -0.4 is 5.73 Å². The van der Waals surface area contributed by atoms with Crippen molar-refractivity contribution in [3.63, 3.8) is 0 Å². The molecule has 0 aromatic carbocycles. The molecule has 0 spiro atoms. The number of allylic oxidation sites excluding steroid dienone is 2. The molecule has 2 heteroatoms. The summed E-state index contributed by atoms with van der Waals surface area (Å²) in [7, 11) is 0. The number of ketones is 1. The predicted octanol–water partition coefficient (Wildman–Crippen LogP) is 2.96. The Morgan fingerprint density at radius 3 is 2.87 bits per heavy atom. The molecule has 2 nitrogen and oxygen atoms in total. The zero-order valence-electron chi connectivity index (χ0n) is 9.80. The molecule has 0 saturated heterocycles. The summed E-state index contributed by atoms with van der Waals surface area (Å²) in [5.74, 6) is 0.328. The Balaban J connectivity index is 2.41. The molecule has 0 radical (unpaired) electrons. The maximum atomic E-state index is 11.8. The first-order valence-electron chi connectivity index (χ1n) is 6.18. The summed E-state index contributed by atoms with van der Waals surface area (Å²) in [4.78, 5) is 11.8. The molecule has 86 valence electrons. The molecule has 1 aliphatic carbocycles. The van der Waals surface area contributed by atoms with Crippen LogP contribution >= 0.6 is 0 Å². The van der Waals surface area contributed by atoms with Gasteiger partial charge in [-0.25, -0.2) is 0 Å². The normalized spacial score (nSPS) is 20.0. The van der Waals surface area contributed by atoms with Gasteiger partial charge in [0.2, 0.25) is 0 Å². The average molecular weight is 209 g/mol. The van der Waals surface area contributed by atoms with E-state index < -0.39 is 0 Å². The van der Waals surface area contributed by atoms with Crippen LogP contribution in [0, 0.1) is 0 Å². The zero-order chi connectivity index (χ0) is 11.1. The molecule has 1 atom stereocenters. The first kappa shape index (κ1) is 12.4. The summed E-state index contributed by atoms with van der Waals surface area (Å²) in [6, 6.07) is 0.142. The lowest BCUT2D eigenvalue weighted by molar-refractivity contribution is -0.115. The second-order valence-corrected chi connectivity index (χ2v) is 4.62. The van der Waals surface area contributed by atoms with Gasteiger partial charge in [0.1, 0.15) is 0 Å². The third-order valence-electron chi connectivity index (χ3n) is 2.98. The summed E-state index contributed by atoms with van der Waals surface area (Å²) < 4.78 is 0. The third kappa shape index (κ3) is 5.12. The van der Waals surface area contributed by atoms with Crippen molar-refractivity contribution in [1.29, 1.82) is 0 Å². The summed E-state index contributed by atoms with van der Waals surface area (Å²) >= 11 is 0. The average Bonchev–Trinajstić information content (AvgIpc) is 2.13. The van der Waals surface area contributed by atoms with Gasteiger partial charge < -0.3 is 5.73 Å². The van der Waals surface area contributed by atoms with Gasteiger partial charge in [-0.1, -0.05) is 18.9 Å². The molecule has 0 aliphatic heterocycles. The monoisotopic (exact) mass is 209 g/mol. The lowest BCUT2D eigenvalue weighted by Gasteiger charge is -2.11. The molecule has 0 amide bonds. The van der Waals surface area contributed by atoms with Gasteiger partial charge in [-0.05, 0) is 44.6 Å². The van der Waals surface area contributed by atoms with Crippen molar-refractivity contribution in [2.75, 3.05) is 0 Å². The van der Waals surface area contributed by atoms with Gasteiger partial charge >= 0.3 is 0 Å². The first-order valence-corrected chi connectivity index (χ1v) is 6.18. The highest BCUT2D eigenvalue weighted by Gasteiger charge is 2.11. The Kier molecular flexibility index (Phi) is 5.62. The fraction of sp³-hybridized carbons (Fsp3) is 0.769.